The Kier molecular flexibility index (Phi) is 4.68. The van der Waals surface area contributed by atoms with Gasteiger partial charge < -0.3 is 4.90 Å². The summed E-state index contributed by atoms with van der Waals surface area (Å²) in [6, 6.07) is 3.86. The number of pyridine rings is 1. The number of carbonyl (C=O) groups is 1. The molecule has 0 saturated carbocycles. The van der Waals surface area contributed by atoms with Crippen molar-refractivity contribution in [3.8, 4) is 0 Å². The maximum atomic E-state index is 12.6. The molecule has 0 spiro atoms. The van der Waals surface area contributed by atoms with Gasteiger partial charge >= 0.3 is 0 Å². The van der Waals surface area contributed by atoms with E-state index in [0.29, 0.717) is 32.5 Å². The van der Waals surface area contributed by atoms with Crippen molar-refractivity contribution in [1.82, 2.24) is 14.2 Å². The van der Waals surface area contributed by atoms with Crippen molar-refractivity contribution in [2.75, 3.05) is 25.9 Å². The molecule has 2 bridgehead atoms. The second-order valence-electron chi connectivity index (χ2n) is 6.58. The van der Waals surface area contributed by atoms with E-state index in [0.717, 1.165) is 18.4 Å². The fourth-order valence-corrected chi connectivity index (χ4v) is 4.48. The van der Waals surface area contributed by atoms with Gasteiger partial charge in [-0.15, -0.1) is 0 Å². The number of sulfonamides is 1. The Hall–Kier alpha value is -1.47. The summed E-state index contributed by atoms with van der Waals surface area (Å²) in [5, 5.41) is 0. The number of piperidine rings is 1. The molecule has 3 aliphatic rings. The van der Waals surface area contributed by atoms with E-state index in [1.165, 1.54) is 6.26 Å². The van der Waals surface area contributed by atoms with Crippen LogP contribution in [0.5, 0.6) is 0 Å². The third-order valence-electron chi connectivity index (χ3n) is 4.82. The van der Waals surface area contributed by atoms with Gasteiger partial charge in [-0.1, -0.05) is 6.07 Å². The molecule has 3 aliphatic heterocycles. The van der Waals surface area contributed by atoms with Crippen molar-refractivity contribution >= 4 is 15.9 Å². The summed E-state index contributed by atoms with van der Waals surface area (Å²) >= 11 is 0. The minimum Gasteiger partial charge on any atom is -0.338 e. The van der Waals surface area contributed by atoms with Crippen LogP contribution in [0, 0.1) is 5.92 Å². The molecule has 6 nitrogen and oxygen atoms in total. The van der Waals surface area contributed by atoms with Gasteiger partial charge in [-0.05, 0) is 36.8 Å². The average Bonchev–Trinajstić information content (AvgIpc) is 2.85. The van der Waals surface area contributed by atoms with Crippen molar-refractivity contribution in [2.24, 2.45) is 5.92 Å². The lowest BCUT2D eigenvalue weighted by Gasteiger charge is -2.36. The topological polar surface area (TPSA) is 70.6 Å². The molecule has 23 heavy (non-hydrogen) atoms. The van der Waals surface area contributed by atoms with E-state index in [4.69, 9.17) is 0 Å². The number of amides is 1. The molecular formula is C16H23N3O3S. The minimum atomic E-state index is -3.19. The predicted octanol–water partition coefficient (Wildman–Crippen LogP) is 0.897. The smallest absolute Gasteiger partial charge is 0.223 e. The molecule has 0 N–H and O–H groups in total. The summed E-state index contributed by atoms with van der Waals surface area (Å²) in [6.45, 7) is 1.66. The molecule has 0 aromatic carbocycles. The van der Waals surface area contributed by atoms with E-state index in [9.17, 15) is 13.2 Å². The van der Waals surface area contributed by atoms with Gasteiger partial charge in [-0.3, -0.25) is 9.78 Å². The Morgan fingerprint density at radius 3 is 2.83 bits per heavy atom. The van der Waals surface area contributed by atoms with Gasteiger partial charge in [0, 0.05) is 44.5 Å². The van der Waals surface area contributed by atoms with E-state index in [-0.39, 0.29) is 17.9 Å². The second-order valence-corrected chi connectivity index (χ2v) is 8.57. The van der Waals surface area contributed by atoms with Crippen LogP contribution < -0.4 is 0 Å². The highest BCUT2D eigenvalue weighted by Gasteiger charge is 2.39. The van der Waals surface area contributed by atoms with Crippen molar-refractivity contribution in [2.45, 2.75) is 31.7 Å². The molecule has 126 valence electrons. The van der Waals surface area contributed by atoms with Crippen molar-refractivity contribution in [3.05, 3.63) is 30.1 Å². The molecule has 0 unspecified atom stereocenters. The lowest BCUT2D eigenvalue weighted by molar-refractivity contribution is -0.135. The summed E-state index contributed by atoms with van der Waals surface area (Å²) in [7, 11) is -3.19. The maximum Gasteiger partial charge on any atom is 0.223 e. The first kappa shape index (κ1) is 16.4. The monoisotopic (exact) mass is 337 g/mol. The molecule has 4 heterocycles. The first-order valence-electron chi connectivity index (χ1n) is 8.07. The average molecular weight is 337 g/mol. The highest BCUT2D eigenvalue weighted by molar-refractivity contribution is 7.88. The van der Waals surface area contributed by atoms with Crippen molar-refractivity contribution in [1.29, 1.82) is 0 Å². The highest BCUT2D eigenvalue weighted by atomic mass is 32.2. The summed E-state index contributed by atoms with van der Waals surface area (Å²) in [4.78, 5) is 18.6. The van der Waals surface area contributed by atoms with E-state index >= 15 is 0 Å². The van der Waals surface area contributed by atoms with E-state index in [2.05, 4.69) is 4.98 Å². The van der Waals surface area contributed by atoms with E-state index in [1.807, 2.05) is 17.0 Å². The number of fused-ring (bicyclic) bond motifs is 4. The maximum absolute atomic E-state index is 12.6. The number of carbonyl (C=O) groups excluding carboxylic acids is 1. The van der Waals surface area contributed by atoms with Crippen molar-refractivity contribution in [3.63, 3.8) is 0 Å². The molecular weight excluding hydrogens is 314 g/mol. The Morgan fingerprint density at radius 1 is 1.30 bits per heavy atom. The minimum absolute atomic E-state index is 0.0184. The molecule has 0 radical (unpaired) electrons. The third kappa shape index (κ3) is 3.90. The fourth-order valence-electron chi connectivity index (χ4n) is 3.56. The molecule has 2 atom stereocenters. The van der Waals surface area contributed by atoms with Gasteiger partial charge in [0.15, 0.2) is 0 Å². The number of nitrogens with zero attached hydrogens (tertiary/aromatic N) is 3. The van der Waals surface area contributed by atoms with Gasteiger partial charge in [-0.2, -0.15) is 4.31 Å². The van der Waals surface area contributed by atoms with Gasteiger partial charge in [0.05, 0.1) is 6.26 Å². The molecule has 1 aromatic rings. The van der Waals surface area contributed by atoms with Crippen LogP contribution in [0.2, 0.25) is 0 Å². The molecule has 4 rings (SSSR count). The van der Waals surface area contributed by atoms with Crippen LogP contribution in [0.4, 0.5) is 0 Å². The van der Waals surface area contributed by atoms with Crippen LogP contribution in [-0.4, -0.2) is 60.4 Å². The number of aryl methyl sites for hydroxylation is 1. The zero-order valence-electron chi connectivity index (χ0n) is 13.4. The first-order valence-corrected chi connectivity index (χ1v) is 9.92. The first-order chi connectivity index (χ1) is 10.9. The Morgan fingerprint density at radius 2 is 2.13 bits per heavy atom. The number of hydrogen-bond donors (Lipinski definition) is 0. The zero-order valence-corrected chi connectivity index (χ0v) is 14.2. The lowest BCUT2D eigenvalue weighted by Crippen LogP contribution is -2.47. The Bertz CT molecular complexity index is 662. The SMILES string of the molecule is CS(=O)(=O)N1C[C@@H]2CC[C@H](C1)N(C(=O)CCc1cccnc1)C2. The highest BCUT2D eigenvalue weighted by Crippen LogP contribution is 2.29. The fraction of sp³-hybridized carbons (Fsp3) is 0.625. The summed E-state index contributed by atoms with van der Waals surface area (Å²) in [5.74, 6) is 0.379. The molecule has 1 amide bonds. The second kappa shape index (κ2) is 6.57. The van der Waals surface area contributed by atoms with E-state index < -0.39 is 10.0 Å². The predicted molar refractivity (Wildman–Crippen MR) is 87.2 cm³/mol. The van der Waals surface area contributed by atoms with Crippen LogP contribution in [0.3, 0.4) is 0 Å². The van der Waals surface area contributed by atoms with E-state index in [1.54, 1.807) is 16.7 Å². The molecule has 0 aliphatic carbocycles. The largest absolute Gasteiger partial charge is 0.338 e. The van der Waals surface area contributed by atoms with Gasteiger partial charge in [0.2, 0.25) is 15.9 Å². The summed E-state index contributed by atoms with van der Waals surface area (Å²) < 4.78 is 25.3. The van der Waals surface area contributed by atoms with Crippen LogP contribution in [0.1, 0.15) is 24.8 Å². The van der Waals surface area contributed by atoms with Gasteiger partial charge in [0.25, 0.3) is 0 Å². The van der Waals surface area contributed by atoms with Crippen LogP contribution in [0.25, 0.3) is 0 Å². The normalized spacial score (nSPS) is 25.3. The Labute approximate surface area is 137 Å². The van der Waals surface area contributed by atoms with Gasteiger partial charge in [-0.25, -0.2) is 8.42 Å². The number of rotatable bonds is 4. The summed E-state index contributed by atoms with van der Waals surface area (Å²) in [6.07, 6.45) is 7.79. The quantitative estimate of drug-likeness (QED) is 0.818. The molecule has 3 fully saturated rings. The van der Waals surface area contributed by atoms with Gasteiger partial charge in [0.1, 0.15) is 0 Å². The summed E-state index contributed by atoms with van der Waals surface area (Å²) in [5.41, 5.74) is 1.05. The molecule has 3 saturated heterocycles. The molecule has 1 aromatic heterocycles. The Balaban J connectivity index is 1.65. The lowest BCUT2D eigenvalue weighted by atomic mass is 9.94. The van der Waals surface area contributed by atoms with Crippen LogP contribution >= 0.6 is 0 Å². The number of aromatic nitrogens is 1. The number of hydrogen-bond acceptors (Lipinski definition) is 4. The standard InChI is InChI=1S/C16H23N3O3S/c1-23(21,22)18-10-14-4-6-15(12-18)19(11-14)16(20)7-5-13-3-2-8-17-9-13/h2-3,8-9,14-15H,4-7,10-12H2,1H3/t14-,15+/m0/s1. The zero-order chi connectivity index (χ0) is 16.4. The molecule has 7 heteroatoms. The van der Waals surface area contributed by atoms with Crippen molar-refractivity contribution < 1.29 is 13.2 Å². The van der Waals surface area contributed by atoms with Crippen LogP contribution in [0.15, 0.2) is 24.5 Å². The van der Waals surface area contributed by atoms with Crippen LogP contribution in [-0.2, 0) is 21.2 Å². The third-order valence-corrected chi connectivity index (χ3v) is 6.06.